The molecule has 0 spiro atoms. The Morgan fingerprint density at radius 3 is 2.33 bits per heavy atom. The molecule has 0 bridgehead atoms. The van der Waals surface area contributed by atoms with Gasteiger partial charge in [0, 0.05) is 0 Å². The van der Waals surface area contributed by atoms with E-state index in [1.165, 1.54) is 0 Å². The maximum atomic E-state index is 5.18. The minimum atomic E-state index is 0.468. The van der Waals surface area contributed by atoms with Crippen molar-refractivity contribution in [1.82, 2.24) is 0 Å². The summed E-state index contributed by atoms with van der Waals surface area (Å²) < 4.78 is 0. The van der Waals surface area contributed by atoms with Gasteiger partial charge in [-0.3, -0.25) is 0 Å². The van der Waals surface area contributed by atoms with Gasteiger partial charge in [-0.15, -0.1) is 0 Å². The smallest absolute Gasteiger partial charge is 0.0653 e. The van der Waals surface area contributed by atoms with E-state index < -0.39 is 0 Å². The topological polar surface area (TPSA) is 0 Å². The van der Waals surface area contributed by atoms with Crippen LogP contribution in [0.15, 0.2) is 0 Å². The molecule has 1 unspecified atom stereocenters. The number of hydrogen-bond acceptors (Lipinski definition) is 1. The van der Waals surface area contributed by atoms with Gasteiger partial charge in [-0.2, -0.15) is 12.6 Å². The monoisotopic (exact) mass is 100 g/mol. The van der Waals surface area contributed by atoms with E-state index in [-0.39, 0.29) is 0 Å². The second-order valence-corrected chi connectivity index (χ2v) is 2.31. The summed E-state index contributed by atoms with van der Waals surface area (Å²) >= 11 is 4.10. The Morgan fingerprint density at radius 1 is 1.83 bits per heavy atom. The highest BCUT2D eigenvalue weighted by atomic mass is 32.1. The van der Waals surface area contributed by atoms with E-state index in [0.29, 0.717) is 5.25 Å². The van der Waals surface area contributed by atoms with Crippen LogP contribution in [0.5, 0.6) is 0 Å². The molecule has 0 aliphatic carbocycles. The first-order chi connectivity index (χ1) is 2.77. The lowest BCUT2D eigenvalue weighted by Crippen LogP contribution is -1.87. The van der Waals surface area contributed by atoms with Crippen LogP contribution in [0.3, 0.4) is 0 Å². The molecule has 34 valence electrons. The van der Waals surface area contributed by atoms with Crippen molar-refractivity contribution < 1.29 is 0 Å². The van der Waals surface area contributed by atoms with E-state index in [1.807, 2.05) is 6.92 Å². The summed E-state index contributed by atoms with van der Waals surface area (Å²) in [7, 11) is 5.18. The molecule has 0 aliphatic rings. The Kier molecular flexibility index (Phi) is 3.85. The van der Waals surface area contributed by atoms with Crippen molar-refractivity contribution in [2.75, 3.05) is 0 Å². The second-order valence-electron chi connectivity index (χ2n) is 1.43. The van der Waals surface area contributed by atoms with E-state index >= 15 is 0 Å². The zero-order chi connectivity index (χ0) is 4.99. The lowest BCUT2D eigenvalue weighted by atomic mass is 10.0. The third-order valence-electron chi connectivity index (χ3n) is 0.584. The van der Waals surface area contributed by atoms with E-state index in [0.717, 1.165) is 12.7 Å². The number of hydrogen-bond donors (Lipinski definition) is 1. The molecule has 0 aromatic rings. The van der Waals surface area contributed by atoms with Crippen molar-refractivity contribution >= 4 is 20.5 Å². The Hall–Kier alpha value is 0.415. The van der Waals surface area contributed by atoms with E-state index in [2.05, 4.69) is 12.6 Å². The molecule has 0 heterocycles. The Bertz CT molecular complexity index is 28.7. The van der Waals surface area contributed by atoms with Gasteiger partial charge in [-0.05, 0) is 11.7 Å². The molecule has 6 heavy (non-hydrogen) atoms. The summed E-state index contributed by atoms with van der Waals surface area (Å²) in [5.74, 6) is 0. The van der Waals surface area contributed by atoms with Gasteiger partial charge in [0.05, 0.1) is 7.85 Å². The molecule has 0 saturated carbocycles. The van der Waals surface area contributed by atoms with E-state index in [9.17, 15) is 0 Å². The fourth-order valence-corrected chi connectivity index (χ4v) is 0.390. The average molecular weight is 100.0 g/mol. The predicted octanol–water partition coefficient (Wildman–Crippen LogP) is 1.28. The normalized spacial score (nSPS) is 14.3. The van der Waals surface area contributed by atoms with Crippen LogP contribution >= 0.6 is 12.6 Å². The van der Waals surface area contributed by atoms with Gasteiger partial charge in [0.25, 0.3) is 0 Å². The average Bonchev–Trinajstić information content (AvgIpc) is 1.35. The molecule has 0 fully saturated rings. The molecule has 2 heteroatoms. The lowest BCUT2D eigenvalue weighted by Gasteiger charge is -1.95. The highest BCUT2D eigenvalue weighted by Gasteiger charge is 1.86. The summed E-state index contributed by atoms with van der Waals surface area (Å²) in [4.78, 5) is 0. The summed E-state index contributed by atoms with van der Waals surface area (Å²) in [6.07, 6.45) is 1.77. The van der Waals surface area contributed by atoms with Crippen molar-refractivity contribution in [3.8, 4) is 0 Å². The zero-order valence-electron chi connectivity index (χ0n) is 4.02. The number of thiol groups is 1. The van der Waals surface area contributed by atoms with Crippen LogP contribution in [-0.2, 0) is 0 Å². The minimum absolute atomic E-state index is 0.468. The van der Waals surface area contributed by atoms with Gasteiger partial charge >= 0.3 is 0 Å². The first kappa shape index (κ1) is 6.41. The van der Waals surface area contributed by atoms with Crippen molar-refractivity contribution in [1.29, 1.82) is 0 Å². The standard InChI is InChI=1S/C4H9BS/c1-4(6)2-3-5/h4,6H,2-3H2,1H3. The summed E-state index contributed by atoms with van der Waals surface area (Å²) in [6.45, 7) is 2.04. The molecule has 0 saturated heterocycles. The lowest BCUT2D eigenvalue weighted by molar-refractivity contribution is 0.911. The van der Waals surface area contributed by atoms with Crippen LogP contribution < -0.4 is 0 Å². The fourth-order valence-electron chi connectivity index (χ4n) is 0.241. The van der Waals surface area contributed by atoms with Gasteiger partial charge in [-0.1, -0.05) is 13.2 Å². The third kappa shape index (κ3) is 4.41. The molecular weight excluding hydrogens is 90.9 g/mol. The van der Waals surface area contributed by atoms with Crippen LogP contribution in [0.2, 0.25) is 6.32 Å². The van der Waals surface area contributed by atoms with Crippen LogP contribution in [0.1, 0.15) is 13.3 Å². The summed E-state index contributed by atoms with van der Waals surface area (Å²) in [5.41, 5.74) is 0. The second kappa shape index (κ2) is 3.60. The maximum Gasteiger partial charge on any atom is 0.0653 e. The molecule has 0 aliphatic heterocycles. The predicted molar refractivity (Wildman–Crippen MR) is 33.6 cm³/mol. The summed E-state index contributed by atoms with van der Waals surface area (Å²) in [5, 5.41) is 0.468. The molecule has 0 rings (SSSR count). The SMILES string of the molecule is [B]CCC(C)S. The largest absolute Gasteiger partial charge is 0.176 e. The van der Waals surface area contributed by atoms with E-state index in [4.69, 9.17) is 7.85 Å². The molecule has 0 N–H and O–H groups in total. The highest BCUT2D eigenvalue weighted by Crippen LogP contribution is 1.99. The van der Waals surface area contributed by atoms with Crippen molar-refractivity contribution in [2.45, 2.75) is 24.9 Å². The first-order valence-corrected chi connectivity index (χ1v) is 2.67. The van der Waals surface area contributed by atoms with Crippen molar-refractivity contribution in [3.63, 3.8) is 0 Å². The van der Waals surface area contributed by atoms with Crippen molar-refractivity contribution in [2.24, 2.45) is 0 Å². The van der Waals surface area contributed by atoms with E-state index in [1.54, 1.807) is 0 Å². The molecule has 0 amide bonds. The molecule has 2 radical (unpaired) electrons. The van der Waals surface area contributed by atoms with Crippen LogP contribution in [0.25, 0.3) is 0 Å². The third-order valence-corrected chi connectivity index (χ3v) is 0.843. The molecule has 0 nitrogen and oxygen atoms in total. The molecule has 0 aromatic carbocycles. The Morgan fingerprint density at radius 2 is 2.33 bits per heavy atom. The zero-order valence-corrected chi connectivity index (χ0v) is 4.91. The van der Waals surface area contributed by atoms with Gasteiger partial charge in [0.1, 0.15) is 0 Å². The van der Waals surface area contributed by atoms with Crippen LogP contribution in [0, 0.1) is 0 Å². The van der Waals surface area contributed by atoms with Crippen molar-refractivity contribution in [3.05, 3.63) is 0 Å². The fraction of sp³-hybridized carbons (Fsp3) is 1.00. The first-order valence-electron chi connectivity index (χ1n) is 2.15. The van der Waals surface area contributed by atoms with Crippen LogP contribution in [0.4, 0.5) is 0 Å². The Labute approximate surface area is 46.1 Å². The molecule has 1 atom stereocenters. The summed E-state index contributed by atoms with van der Waals surface area (Å²) in [6, 6.07) is 0. The Balaban J connectivity index is 2.63. The van der Waals surface area contributed by atoms with Gasteiger partial charge in [-0.25, -0.2) is 0 Å². The van der Waals surface area contributed by atoms with Gasteiger partial charge < -0.3 is 0 Å². The van der Waals surface area contributed by atoms with Gasteiger partial charge in [0.2, 0.25) is 0 Å². The minimum Gasteiger partial charge on any atom is -0.176 e. The number of rotatable bonds is 2. The quantitative estimate of drug-likeness (QED) is 0.392. The maximum absolute atomic E-state index is 5.18. The van der Waals surface area contributed by atoms with Crippen LogP contribution in [-0.4, -0.2) is 13.1 Å². The molecule has 0 aromatic heterocycles. The van der Waals surface area contributed by atoms with Gasteiger partial charge in [0.15, 0.2) is 0 Å². The highest BCUT2D eigenvalue weighted by molar-refractivity contribution is 7.80. The molecular formula is C4H9BS.